The molecule has 1 saturated carbocycles. The number of ether oxygens (including phenoxy) is 2. The van der Waals surface area contributed by atoms with Crippen molar-refractivity contribution in [2.45, 2.75) is 57.1 Å². The van der Waals surface area contributed by atoms with Gasteiger partial charge in [0.25, 0.3) is 0 Å². The molecule has 2 N–H and O–H groups in total. The Morgan fingerprint density at radius 2 is 2.03 bits per heavy atom. The number of nitrogens with zero attached hydrogens (tertiary/aromatic N) is 4. The van der Waals surface area contributed by atoms with E-state index in [0.717, 1.165) is 10.9 Å². The van der Waals surface area contributed by atoms with Crippen molar-refractivity contribution in [2.24, 2.45) is 5.41 Å². The van der Waals surface area contributed by atoms with Crippen molar-refractivity contribution < 1.29 is 13.9 Å². The molecule has 7 nitrogen and oxygen atoms in total. The number of rotatable bonds is 4. The van der Waals surface area contributed by atoms with Gasteiger partial charge in [-0.3, -0.25) is 0 Å². The number of benzene rings is 1. The number of pyridine rings is 1. The van der Waals surface area contributed by atoms with Crippen LogP contribution in [0.15, 0.2) is 36.8 Å². The molecular formula is C27H24Cl2FN5O2. The molecule has 1 aliphatic carbocycles. The lowest BCUT2D eigenvalue weighted by Gasteiger charge is -2.31. The van der Waals surface area contributed by atoms with E-state index in [9.17, 15) is 4.39 Å². The third-order valence-corrected chi connectivity index (χ3v) is 8.12. The summed E-state index contributed by atoms with van der Waals surface area (Å²) in [6.45, 7) is 3.77. The van der Waals surface area contributed by atoms with Gasteiger partial charge in [-0.1, -0.05) is 29.1 Å². The van der Waals surface area contributed by atoms with Crippen LogP contribution in [0, 0.1) is 23.6 Å². The maximum atomic E-state index is 14.9. The zero-order chi connectivity index (χ0) is 26.1. The zero-order valence-electron chi connectivity index (χ0n) is 20.2. The first-order valence-corrected chi connectivity index (χ1v) is 12.7. The Morgan fingerprint density at radius 3 is 2.81 bits per heavy atom. The molecule has 1 aromatic carbocycles. The maximum absolute atomic E-state index is 14.9. The van der Waals surface area contributed by atoms with Gasteiger partial charge in [0, 0.05) is 11.6 Å². The molecule has 6 rings (SSSR count). The molecule has 1 aliphatic heterocycles. The molecule has 4 heterocycles. The first-order valence-electron chi connectivity index (χ1n) is 12.0. The smallest absolute Gasteiger partial charge is 0.163 e. The van der Waals surface area contributed by atoms with Crippen molar-refractivity contribution >= 4 is 51.0 Å². The summed E-state index contributed by atoms with van der Waals surface area (Å²) >= 11 is 12.3. The first-order chi connectivity index (χ1) is 17.6. The quantitative estimate of drug-likeness (QED) is 0.263. The number of terminal acetylenes is 1. The summed E-state index contributed by atoms with van der Waals surface area (Å²) in [6, 6.07) is 6.58. The monoisotopic (exact) mass is 539 g/mol. The molecule has 4 atom stereocenters. The van der Waals surface area contributed by atoms with Crippen LogP contribution in [0.5, 0.6) is 0 Å². The predicted octanol–water partition coefficient (Wildman–Crippen LogP) is 5.72. The van der Waals surface area contributed by atoms with Crippen molar-refractivity contribution in [1.29, 1.82) is 0 Å². The third-order valence-electron chi connectivity index (χ3n) is 7.52. The standard InChI is InChI=1S/C27H24Cl2FN5O2/c1-4-27(7-5-14-9-18(30)16-11-17(28)24(31)34-19(16)10-14)12-20(21-22(27)37-26(2,3)36-21)35-8-6-15-23(29)32-13-33-25(15)35/h1,6,8-11,13,20-22H,5,7,12H2,2-3H3,(H2,31,34)/t20-,21+,22+,27+/m1/s1. The molecule has 3 aromatic heterocycles. The highest BCUT2D eigenvalue weighted by Crippen LogP contribution is 2.55. The number of hydrogen-bond acceptors (Lipinski definition) is 6. The van der Waals surface area contributed by atoms with Crippen LogP contribution in [0.3, 0.4) is 0 Å². The van der Waals surface area contributed by atoms with Crippen LogP contribution < -0.4 is 5.73 Å². The molecule has 0 spiro atoms. The number of hydrogen-bond donors (Lipinski definition) is 1. The van der Waals surface area contributed by atoms with E-state index < -0.39 is 17.0 Å². The fraction of sp³-hybridized carbons (Fsp3) is 0.370. The van der Waals surface area contributed by atoms with Gasteiger partial charge in [0.15, 0.2) is 5.79 Å². The molecule has 0 radical (unpaired) electrons. The Morgan fingerprint density at radius 1 is 1.22 bits per heavy atom. The van der Waals surface area contributed by atoms with Crippen molar-refractivity contribution in [1.82, 2.24) is 19.5 Å². The van der Waals surface area contributed by atoms with Gasteiger partial charge < -0.3 is 19.8 Å². The number of aryl methyl sites for hydroxylation is 1. The van der Waals surface area contributed by atoms with E-state index in [0.29, 0.717) is 41.0 Å². The van der Waals surface area contributed by atoms with E-state index in [1.54, 1.807) is 0 Å². The second-order valence-electron chi connectivity index (χ2n) is 10.2. The maximum Gasteiger partial charge on any atom is 0.163 e. The van der Waals surface area contributed by atoms with Gasteiger partial charge in [-0.2, -0.15) is 0 Å². The molecule has 4 aromatic rings. The summed E-state index contributed by atoms with van der Waals surface area (Å²) < 4.78 is 29.8. The fourth-order valence-electron chi connectivity index (χ4n) is 5.81. The Balaban J connectivity index is 1.36. The Labute approximate surface area is 223 Å². The summed E-state index contributed by atoms with van der Waals surface area (Å²) in [5, 5.41) is 1.69. The highest BCUT2D eigenvalue weighted by molar-refractivity contribution is 6.34. The summed E-state index contributed by atoms with van der Waals surface area (Å²) in [6.07, 6.45) is 10.6. The summed E-state index contributed by atoms with van der Waals surface area (Å²) in [7, 11) is 0. The van der Waals surface area contributed by atoms with Gasteiger partial charge in [-0.05, 0) is 62.9 Å². The fourth-order valence-corrected chi connectivity index (χ4v) is 6.16. The molecule has 2 fully saturated rings. The van der Waals surface area contributed by atoms with Gasteiger partial charge in [-0.25, -0.2) is 19.3 Å². The highest BCUT2D eigenvalue weighted by Gasteiger charge is 2.61. The molecule has 37 heavy (non-hydrogen) atoms. The molecule has 2 aliphatic rings. The van der Waals surface area contributed by atoms with Gasteiger partial charge in [0.2, 0.25) is 0 Å². The number of anilines is 1. The van der Waals surface area contributed by atoms with E-state index in [1.807, 2.05) is 32.2 Å². The lowest BCUT2D eigenvalue weighted by Crippen LogP contribution is -2.35. The molecule has 190 valence electrons. The van der Waals surface area contributed by atoms with Gasteiger partial charge >= 0.3 is 0 Å². The van der Waals surface area contributed by atoms with Crippen molar-refractivity contribution in [3.8, 4) is 12.3 Å². The average Bonchev–Trinajstić information content (AvgIpc) is 3.50. The van der Waals surface area contributed by atoms with E-state index in [-0.39, 0.29) is 29.1 Å². The third kappa shape index (κ3) is 3.93. The SMILES string of the molecule is C#C[C@]1(CCc2cc(F)c3cc(Cl)c(N)nc3c2)C[C@@H](n2ccc3c(Cl)ncnc32)[C@@H]2OC(C)(C)O[C@@H]21. The Bertz CT molecular complexity index is 1600. The summed E-state index contributed by atoms with van der Waals surface area (Å²) in [5.41, 5.74) is 7.12. The largest absolute Gasteiger partial charge is 0.382 e. The summed E-state index contributed by atoms with van der Waals surface area (Å²) in [4.78, 5) is 12.8. The molecular weight excluding hydrogens is 516 g/mol. The first kappa shape index (κ1) is 24.4. The van der Waals surface area contributed by atoms with Crippen LogP contribution >= 0.6 is 23.2 Å². The second kappa shape index (κ2) is 8.53. The lowest BCUT2D eigenvalue weighted by atomic mass is 9.79. The minimum atomic E-state index is -0.804. The Hall–Kier alpha value is -2.96. The Kier molecular flexibility index (Phi) is 5.62. The zero-order valence-corrected chi connectivity index (χ0v) is 21.7. The second-order valence-corrected chi connectivity index (χ2v) is 11.0. The number of halogens is 3. The van der Waals surface area contributed by atoms with Crippen LogP contribution in [-0.4, -0.2) is 37.5 Å². The van der Waals surface area contributed by atoms with Crippen LogP contribution in [0.2, 0.25) is 10.2 Å². The minimum Gasteiger partial charge on any atom is -0.382 e. The number of fused-ring (bicyclic) bond motifs is 3. The van der Waals surface area contributed by atoms with Crippen LogP contribution in [0.25, 0.3) is 21.9 Å². The molecule has 10 heteroatoms. The predicted molar refractivity (Wildman–Crippen MR) is 141 cm³/mol. The summed E-state index contributed by atoms with van der Waals surface area (Å²) in [5.74, 6) is 2.00. The van der Waals surface area contributed by atoms with Gasteiger partial charge in [-0.15, -0.1) is 6.42 Å². The molecule has 1 saturated heterocycles. The number of nitrogens with two attached hydrogens (primary N) is 1. The van der Waals surface area contributed by atoms with Crippen molar-refractivity contribution in [2.75, 3.05) is 5.73 Å². The van der Waals surface area contributed by atoms with Gasteiger partial charge in [0.1, 0.15) is 41.0 Å². The van der Waals surface area contributed by atoms with Crippen LogP contribution in [-0.2, 0) is 15.9 Å². The van der Waals surface area contributed by atoms with E-state index in [4.69, 9.17) is 44.8 Å². The topological polar surface area (TPSA) is 88.1 Å². The van der Waals surface area contributed by atoms with Gasteiger partial charge in [0.05, 0.1) is 27.4 Å². The van der Waals surface area contributed by atoms with E-state index in [1.165, 1.54) is 18.5 Å². The average molecular weight is 540 g/mol. The number of aromatic nitrogens is 4. The minimum absolute atomic E-state index is 0.136. The van der Waals surface area contributed by atoms with E-state index in [2.05, 4.69) is 25.4 Å². The normalized spacial score (nSPS) is 26.5. The van der Waals surface area contributed by atoms with Crippen LogP contribution in [0.4, 0.5) is 10.2 Å². The number of nitrogen functional groups attached to an aromatic ring is 1. The molecule has 0 amide bonds. The lowest BCUT2D eigenvalue weighted by molar-refractivity contribution is -0.165. The molecule has 0 bridgehead atoms. The van der Waals surface area contributed by atoms with E-state index >= 15 is 0 Å². The molecule has 0 unspecified atom stereocenters. The highest BCUT2D eigenvalue weighted by atomic mass is 35.5. The van der Waals surface area contributed by atoms with Crippen molar-refractivity contribution in [3.05, 3.63) is 58.3 Å². The van der Waals surface area contributed by atoms with Crippen LogP contribution in [0.1, 0.15) is 38.3 Å². The van der Waals surface area contributed by atoms with Crippen molar-refractivity contribution in [3.63, 3.8) is 0 Å².